The highest BCUT2D eigenvalue weighted by molar-refractivity contribution is 6.32. The number of pyridine rings is 1. The number of hydrogen-bond acceptors (Lipinski definition) is 6. The van der Waals surface area contributed by atoms with Crippen LogP contribution in [0, 0.1) is 0 Å². The second-order valence-corrected chi connectivity index (χ2v) is 5.65. The van der Waals surface area contributed by atoms with E-state index in [0.717, 1.165) is 25.9 Å². The molecule has 1 amide bonds. The predicted molar refractivity (Wildman–Crippen MR) is 89.7 cm³/mol. The van der Waals surface area contributed by atoms with Gasteiger partial charge in [0.25, 0.3) is 5.91 Å². The molecule has 7 nitrogen and oxygen atoms in total. The molecule has 3 heterocycles. The fourth-order valence-electron chi connectivity index (χ4n) is 2.50. The summed E-state index contributed by atoms with van der Waals surface area (Å²) in [5, 5.41) is 2.81. The second kappa shape index (κ2) is 6.78. The minimum absolute atomic E-state index is 0.00131. The zero-order valence-electron chi connectivity index (χ0n) is 12.5. The maximum Gasteiger partial charge on any atom is 0.279 e. The highest BCUT2D eigenvalue weighted by Crippen LogP contribution is 2.27. The Morgan fingerprint density at radius 3 is 2.70 bits per heavy atom. The molecule has 0 saturated carbocycles. The van der Waals surface area contributed by atoms with Crippen molar-refractivity contribution in [1.82, 2.24) is 15.0 Å². The van der Waals surface area contributed by atoms with Gasteiger partial charge in [-0.25, -0.2) is 15.0 Å². The van der Waals surface area contributed by atoms with Gasteiger partial charge in [0.2, 0.25) is 0 Å². The summed E-state index contributed by atoms with van der Waals surface area (Å²) in [6.07, 6.45) is 4.94. The van der Waals surface area contributed by atoms with Gasteiger partial charge in [-0.15, -0.1) is 0 Å². The molecule has 1 aliphatic heterocycles. The predicted octanol–water partition coefficient (Wildman–Crippen LogP) is 2.35. The number of nitrogens with two attached hydrogens (primary N) is 1. The number of hydrogen-bond donors (Lipinski definition) is 2. The number of nitrogens with one attached hydrogen (secondary N) is 1. The molecule has 0 radical (unpaired) electrons. The van der Waals surface area contributed by atoms with Crippen molar-refractivity contribution in [2.24, 2.45) is 0 Å². The Morgan fingerprint density at radius 1 is 1.22 bits per heavy atom. The first-order valence-corrected chi connectivity index (χ1v) is 7.83. The normalized spacial score (nSPS) is 14.6. The van der Waals surface area contributed by atoms with Crippen LogP contribution in [0.2, 0.25) is 5.15 Å². The zero-order valence-corrected chi connectivity index (χ0v) is 13.3. The molecule has 0 bridgehead atoms. The van der Waals surface area contributed by atoms with Crippen LogP contribution in [0.1, 0.15) is 29.8 Å². The minimum atomic E-state index is -0.485. The lowest BCUT2D eigenvalue weighted by molar-refractivity contribution is 0.102. The lowest BCUT2D eigenvalue weighted by Gasteiger charge is -2.28. The number of nitrogens with zero attached hydrogens (tertiary/aromatic N) is 4. The number of halogens is 1. The van der Waals surface area contributed by atoms with Crippen LogP contribution in [-0.4, -0.2) is 33.9 Å². The third-order valence-corrected chi connectivity index (χ3v) is 3.89. The Bertz CT molecular complexity index is 703. The van der Waals surface area contributed by atoms with Crippen molar-refractivity contribution < 1.29 is 4.79 Å². The maximum atomic E-state index is 12.3. The van der Waals surface area contributed by atoms with Gasteiger partial charge >= 0.3 is 0 Å². The van der Waals surface area contributed by atoms with E-state index in [-0.39, 0.29) is 16.7 Å². The van der Waals surface area contributed by atoms with E-state index in [1.807, 2.05) is 0 Å². The van der Waals surface area contributed by atoms with Crippen molar-refractivity contribution in [3.05, 3.63) is 35.2 Å². The number of anilines is 3. The summed E-state index contributed by atoms with van der Waals surface area (Å²) in [5.74, 6) is 0.525. The lowest BCUT2D eigenvalue weighted by Crippen LogP contribution is -2.31. The van der Waals surface area contributed by atoms with Crippen molar-refractivity contribution in [3.63, 3.8) is 0 Å². The largest absolute Gasteiger partial charge is 0.382 e. The Kier molecular flexibility index (Phi) is 4.57. The molecule has 0 aliphatic carbocycles. The Labute approximate surface area is 138 Å². The van der Waals surface area contributed by atoms with Crippen LogP contribution in [0.15, 0.2) is 24.4 Å². The van der Waals surface area contributed by atoms with Crippen molar-refractivity contribution >= 4 is 35.0 Å². The lowest BCUT2D eigenvalue weighted by atomic mass is 10.1. The summed E-state index contributed by atoms with van der Waals surface area (Å²) < 4.78 is 0. The molecule has 2 aromatic heterocycles. The summed E-state index contributed by atoms with van der Waals surface area (Å²) in [6.45, 7) is 1.74. The molecular formula is C15H17ClN6O. The molecule has 0 spiro atoms. The van der Waals surface area contributed by atoms with Crippen LogP contribution in [0.4, 0.5) is 17.5 Å². The summed E-state index contributed by atoms with van der Waals surface area (Å²) >= 11 is 6.22. The minimum Gasteiger partial charge on any atom is -0.382 e. The van der Waals surface area contributed by atoms with Crippen LogP contribution in [0.25, 0.3) is 0 Å². The molecular weight excluding hydrogens is 316 g/mol. The number of aromatic nitrogens is 3. The van der Waals surface area contributed by atoms with Crippen molar-refractivity contribution in [2.45, 2.75) is 19.3 Å². The van der Waals surface area contributed by atoms with Gasteiger partial charge in [-0.05, 0) is 31.4 Å². The molecule has 2 aromatic rings. The first-order valence-electron chi connectivity index (χ1n) is 7.45. The third kappa shape index (κ3) is 3.50. The maximum absolute atomic E-state index is 12.3. The fraction of sp³-hybridized carbons (Fsp3) is 0.333. The molecule has 3 rings (SSSR count). The highest BCUT2D eigenvalue weighted by atomic mass is 35.5. The summed E-state index contributed by atoms with van der Waals surface area (Å²) in [4.78, 5) is 26.8. The average Bonchev–Trinajstić information content (AvgIpc) is 2.58. The molecule has 3 N–H and O–H groups in total. The van der Waals surface area contributed by atoms with E-state index in [9.17, 15) is 4.79 Å². The first-order chi connectivity index (χ1) is 11.1. The average molecular weight is 333 g/mol. The molecule has 1 aliphatic rings. The van der Waals surface area contributed by atoms with Crippen molar-refractivity contribution in [3.8, 4) is 0 Å². The molecule has 0 atom stereocenters. The van der Waals surface area contributed by atoms with Gasteiger partial charge in [0.15, 0.2) is 22.5 Å². The van der Waals surface area contributed by atoms with E-state index < -0.39 is 5.91 Å². The molecule has 1 fully saturated rings. The van der Waals surface area contributed by atoms with Crippen molar-refractivity contribution in [1.29, 1.82) is 0 Å². The molecule has 0 aromatic carbocycles. The SMILES string of the molecule is Nc1nc(N2CCCCC2)c(Cl)nc1C(=O)Nc1ccccn1. The number of carbonyl (C=O) groups excluding carboxylic acids is 1. The molecule has 8 heteroatoms. The fourth-order valence-corrected chi connectivity index (χ4v) is 2.75. The van der Waals surface area contributed by atoms with E-state index >= 15 is 0 Å². The molecule has 120 valence electrons. The van der Waals surface area contributed by atoms with E-state index in [2.05, 4.69) is 25.2 Å². The number of nitrogen functional groups attached to an aromatic ring is 1. The van der Waals surface area contributed by atoms with Gasteiger partial charge in [-0.1, -0.05) is 17.7 Å². The van der Waals surface area contributed by atoms with E-state index in [4.69, 9.17) is 17.3 Å². The monoisotopic (exact) mass is 332 g/mol. The molecule has 23 heavy (non-hydrogen) atoms. The first kappa shape index (κ1) is 15.5. The van der Waals surface area contributed by atoms with E-state index in [0.29, 0.717) is 11.6 Å². The van der Waals surface area contributed by atoms with Gasteiger partial charge < -0.3 is 16.0 Å². The second-order valence-electron chi connectivity index (χ2n) is 5.29. The van der Waals surface area contributed by atoms with E-state index in [1.54, 1.807) is 24.4 Å². The Balaban J connectivity index is 1.83. The quantitative estimate of drug-likeness (QED) is 0.895. The Hall–Kier alpha value is -2.41. The summed E-state index contributed by atoms with van der Waals surface area (Å²) in [5.41, 5.74) is 5.91. The number of piperidine rings is 1. The van der Waals surface area contributed by atoms with Gasteiger partial charge in [0.1, 0.15) is 5.82 Å². The topological polar surface area (TPSA) is 97.0 Å². The van der Waals surface area contributed by atoms with Crippen LogP contribution >= 0.6 is 11.6 Å². The smallest absolute Gasteiger partial charge is 0.279 e. The van der Waals surface area contributed by atoms with Crippen LogP contribution in [0.5, 0.6) is 0 Å². The Morgan fingerprint density at radius 2 is 2.00 bits per heavy atom. The van der Waals surface area contributed by atoms with Gasteiger partial charge in [-0.3, -0.25) is 4.79 Å². The summed E-state index contributed by atoms with van der Waals surface area (Å²) in [6, 6.07) is 5.20. The van der Waals surface area contributed by atoms with Gasteiger partial charge in [0, 0.05) is 19.3 Å². The van der Waals surface area contributed by atoms with Crippen LogP contribution in [-0.2, 0) is 0 Å². The number of amides is 1. The van der Waals surface area contributed by atoms with Gasteiger partial charge in [-0.2, -0.15) is 0 Å². The van der Waals surface area contributed by atoms with E-state index in [1.165, 1.54) is 6.42 Å². The van der Waals surface area contributed by atoms with Crippen molar-refractivity contribution in [2.75, 3.05) is 29.0 Å². The summed E-state index contributed by atoms with van der Waals surface area (Å²) in [7, 11) is 0. The molecule has 0 unspecified atom stereocenters. The molecule has 1 saturated heterocycles. The highest BCUT2D eigenvalue weighted by Gasteiger charge is 2.21. The van der Waals surface area contributed by atoms with Crippen LogP contribution < -0.4 is 16.0 Å². The number of carbonyl (C=O) groups is 1. The van der Waals surface area contributed by atoms with Gasteiger partial charge in [0.05, 0.1) is 0 Å². The van der Waals surface area contributed by atoms with Crippen LogP contribution in [0.3, 0.4) is 0 Å². The number of rotatable bonds is 3. The third-order valence-electron chi connectivity index (χ3n) is 3.64. The standard InChI is InChI=1S/C15H17ClN6O/c16-12-14(22-8-4-1-5-9-22)21-13(17)11(20-12)15(23)19-10-6-2-3-7-18-10/h2-3,6-7H,1,4-5,8-9H2,(H2,17,21)(H,18,19,23). The zero-order chi connectivity index (χ0) is 16.2.